The van der Waals surface area contributed by atoms with Crippen molar-refractivity contribution in [1.29, 1.82) is 5.26 Å². The van der Waals surface area contributed by atoms with Crippen LogP contribution in [0.4, 0.5) is 0 Å². The van der Waals surface area contributed by atoms with E-state index in [0.29, 0.717) is 16.1 Å². The fourth-order valence-electron chi connectivity index (χ4n) is 5.36. The Hall–Kier alpha value is -2.16. The Bertz CT molecular complexity index is 1290. The first-order chi connectivity index (χ1) is 18.0. The van der Waals surface area contributed by atoms with Gasteiger partial charge in [0.05, 0.1) is 21.7 Å². The lowest BCUT2D eigenvalue weighted by Crippen LogP contribution is -2.44. The van der Waals surface area contributed by atoms with E-state index < -0.39 is 26.6 Å². The average molecular weight is 560 g/mol. The summed E-state index contributed by atoms with van der Waals surface area (Å²) in [5, 5.41) is 9.55. The molecule has 5 rings (SSSR count). The molecule has 3 atom stereocenters. The van der Waals surface area contributed by atoms with Crippen LogP contribution in [0.5, 0.6) is 11.5 Å². The molecule has 1 aliphatic carbocycles. The standard InChI is InChI=1S/C27H29NO6S3/c1-31-17-32-22-8-10-27(9-5-11-28,37(29,30)20-6-3-2-4-7-20)26(22)21-16-24-23(33-18-34-24)14-19(21)15-25-35-12-13-36-25/h2-4,6-8,10,14,16,22,25-26H,5,9,12-13,15,17-18H2,1H3/t22-,26-,27+/m1/s1. The number of methoxy groups -OCH3 is 1. The second kappa shape index (κ2) is 11.3. The molecule has 1 saturated heterocycles. The molecule has 0 N–H and O–H groups in total. The third kappa shape index (κ3) is 5.00. The van der Waals surface area contributed by atoms with E-state index in [1.54, 1.807) is 36.4 Å². The van der Waals surface area contributed by atoms with Crippen molar-refractivity contribution in [3.05, 3.63) is 65.7 Å². The number of benzene rings is 2. The summed E-state index contributed by atoms with van der Waals surface area (Å²) in [7, 11) is -2.39. The van der Waals surface area contributed by atoms with Gasteiger partial charge >= 0.3 is 0 Å². The van der Waals surface area contributed by atoms with Gasteiger partial charge in [-0.2, -0.15) is 5.26 Å². The quantitative estimate of drug-likeness (QED) is 0.297. The van der Waals surface area contributed by atoms with Gasteiger partial charge in [0.15, 0.2) is 21.3 Å². The van der Waals surface area contributed by atoms with Crippen molar-refractivity contribution in [1.82, 2.24) is 0 Å². The van der Waals surface area contributed by atoms with Gasteiger partial charge in [-0.25, -0.2) is 8.42 Å². The Labute approximate surface area is 226 Å². The molecule has 10 heteroatoms. The molecular formula is C27H29NO6S3. The van der Waals surface area contributed by atoms with Crippen molar-refractivity contribution in [3.8, 4) is 17.6 Å². The van der Waals surface area contributed by atoms with Gasteiger partial charge in [-0.15, -0.1) is 23.5 Å². The van der Waals surface area contributed by atoms with Gasteiger partial charge in [-0.05, 0) is 48.2 Å². The molecule has 0 unspecified atom stereocenters. The lowest BCUT2D eigenvalue weighted by atomic mass is 9.80. The second-order valence-corrected chi connectivity index (χ2v) is 14.2. The lowest BCUT2D eigenvalue weighted by Gasteiger charge is -2.38. The SMILES string of the molecule is COCO[C@@H]1C=C[C@](CCC#N)(S(=O)(=O)c2ccccc2)[C@@H]1c1cc2c(cc1CC1SCCS1)OCO2. The molecule has 2 heterocycles. The molecule has 0 bridgehead atoms. The molecule has 3 aliphatic rings. The number of hydrogen-bond donors (Lipinski definition) is 0. The molecule has 7 nitrogen and oxygen atoms in total. The molecule has 0 aromatic heterocycles. The molecule has 1 fully saturated rings. The maximum Gasteiger partial charge on any atom is 0.231 e. The molecule has 2 aromatic carbocycles. The summed E-state index contributed by atoms with van der Waals surface area (Å²) in [6, 6.07) is 14.5. The highest BCUT2D eigenvalue weighted by Crippen LogP contribution is 2.53. The maximum atomic E-state index is 14.4. The smallest absolute Gasteiger partial charge is 0.231 e. The number of nitrogens with zero attached hydrogens (tertiary/aromatic N) is 1. The van der Waals surface area contributed by atoms with Crippen LogP contribution in [0.15, 0.2) is 59.5 Å². The van der Waals surface area contributed by atoms with Gasteiger partial charge in [0.2, 0.25) is 6.79 Å². The predicted molar refractivity (Wildman–Crippen MR) is 145 cm³/mol. The van der Waals surface area contributed by atoms with Crippen molar-refractivity contribution < 1.29 is 27.4 Å². The highest BCUT2D eigenvalue weighted by atomic mass is 32.2. The van der Waals surface area contributed by atoms with E-state index in [9.17, 15) is 13.7 Å². The van der Waals surface area contributed by atoms with Crippen LogP contribution in [0.1, 0.15) is 29.9 Å². The molecule has 196 valence electrons. The molecule has 2 aliphatic heterocycles. The minimum Gasteiger partial charge on any atom is -0.454 e. The zero-order valence-corrected chi connectivity index (χ0v) is 22.9. The zero-order chi connectivity index (χ0) is 25.9. The van der Waals surface area contributed by atoms with Crippen molar-refractivity contribution in [2.75, 3.05) is 32.2 Å². The van der Waals surface area contributed by atoms with Crippen molar-refractivity contribution in [2.45, 2.75) is 45.5 Å². The molecule has 0 saturated carbocycles. The fraction of sp³-hybridized carbons (Fsp3) is 0.444. The highest BCUT2D eigenvalue weighted by Gasteiger charge is 2.56. The fourth-order valence-corrected chi connectivity index (χ4v) is 10.4. The molecule has 37 heavy (non-hydrogen) atoms. The van der Waals surface area contributed by atoms with Crippen LogP contribution in [0.25, 0.3) is 0 Å². The van der Waals surface area contributed by atoms with Crippen LogP contribution in [-0.2, 0) is 25.7 Å². The van der Waals surface area contributed by atoms with Crippen LogP contribution in [0.3, 0.4) is 0 Å². The number of ether oxygens (including phenoxy) is 4. The summed E-state index contributed by atoms with van der Waals surface area (Å²) >= 11 is 3.83. The largest absolute Gasteiger partial charge is 0.454 e. The number of thioether (sulfide) groups is 2. The van der Waals surface area contributed by atoms with E-state index in [4.69, 9.17) is 18.9 Å². The zero-order valence-electron chi connectivity index (χ0n) is 20.5. The first-order valence-corrected chi connectivity index (χ1v) is 15.7. The Morgan fingerprint density at radius 1 is 1.14 bits per heavy atom. The minimum absolute atomic E-state index is 0.0133. The van der Waals surface area contributed by atoms with E-state index in [1.165, 1.54) is 7.11 Å². The van der Waals surface area contributed by atoms with E-state index in [2.05, 4.69) is 6.07 Å². The Morgan fingerprint density at radius 2 is 1.86 bits per heavy atom. The highest BCUT2D eigenvalue weighted by molar-refractivity contribution is 8.20. The Morgan fingerprint density at radius 3 is 2.57 bits per heavy atom. The van der Waals surface area contributed by atoms with E-state index in [0.717, 1.165) is 29.1 Å². The van der Waals surface area contributed by atoms with E-state index in [-0.39, 0.29) is 31.3 Å². The van der Waals surface area contributed by atoms with Crippen molar-refractivity contribution in [3.63, 3.8) is 0 Å². The summed E-state index contributed by atoms with van der Waals surface area (Å²) in [5.41, 5.74) is 1.86. The third-order valence-corrected chi connectivity index (χ3v) is 12.5. The Kier molecular flexibility index (Phi) is 8.07. The maximum absolute atomic E-state index is 14.4. The van der Waals surface area contributed by atoms with Gasteiger partial charge in [0.25, 0.3) is 0 Å². The lowest BCUT2D eigenvalue weighted by molar-refractivity contribution is -0.0626. The van der Waals surface area contributed by atoms with Gasteiger partial charge in [0, 0.05) is 31.0 Å². The molecule has 2 aromatic rings. The number of sulfone groups is 1. The summed E-state index contributed by atoms with van der Waals surface area (Å²) in [4.78, 5) is 0.221. The number of nitriles is 1. The van der Waals surface area contributed by atoms with Gasteiger partial charge in [-0.1, -0.05) is 30.4 Å². The number of hydrogen-bond acceptors (Lipinski definition) is 9. The van der Waals surface area contributed by atoms with Crippen LogP contribution < -0.4 is 9.47 Å². The third-order valence-electron chi connectivity index (χ3n) is 7.03. The van der Waals surface area contributed by atoms with Gasteiger partial charge < -0.3 is 18.9 Å². The van der Waals surface area contributed by atoms with Crippen LogP contribution in [0.2, 0.25) is 0 Å². The monoisotopic (exact) mass is 559 g/mol. The Balaban J connectivity index is 1.69. The van der Waals surface area contributed by atoms with Crippen LogP contribution in [0, 0.1) is 11.3 Å². The molecular weight excluding hydrogens is 530 g/mol. The van der Waals surface area contributed by atoms with E-state index in [1.807, 2.05) is 41.7 Å². The minimum atomic E-state index is -3.93. The summed E-state index contributed by atoms with van der Waals surface area (Å²) < 4.78 is 50.6. The van der Waals surface area contributed by atoms with Gasteiger partial charge in [-0.3, -0.25) is 0 Å². The number of rotatable bonds is 10. The van der Waals surface area contributed by atoms with Crippen molar-refractivity contribution in [2.24, 2.45) is 0 Å². The second-order valence-electron chi connectivity index (χ2n) is 9.08. The summed E-state index contributed by atoms with van der Waals surface area (Å²) in [5.74, 6) is 2.83. The topological polar surface area (TPSA) is 94.9 Å². The summed E-state index contributed by atoms with van der Waals surface area (Å²) in [6.07, 6.45) is 3.96. The first kappa shape index (κ1) is 26.4. The number of fused-ring (bicyclic) bond motifs is 1. The normalized spacial score (nSPS) is 25.0. The summed E-state index contributed by atoms with van der Waals surface area (Å²) in [6.45, 7) is 0.138. The molecule has 0 radical (unpaired) electrons. The molecule has 0 amide bonds. The first-order valence-electron chi connectivity index (χ1n) is 12.1. The van der Waals surface area contributed by atoms with E-state index >= 15 is 0 Å². The molecule has 0 spiro atoms. The average Bonchev–Trinajstić information content (AvgIpc) is 3.67. The predicted octanol–water partition coefficient (Wildman–Crippen LogP) is 4.92. The van der Waals surface area contributed by atoms with Crippen LogP contribution in [-0.4, -0.2) is 56.1 Å². The van der Waals surface area contributed by atoms with Gasteiger partial charge in [0.1, 0.15) is 11.5 Å². The van der Waals surface area contributed by atoms with Crippen molar-refractivity contribution >= 4 is 33.4 Å². The van der Waals surface area contributed by atoms with Crippen LogP contribution >= 0.6 is 23.5 Å².